The normalized spacial score (nSPS) is 12.1. The molecule has 0 spiro atoms. The molecule has 2 N–H and O–H groups in total. The number of nitrogens with zero attached hydrogens (tertiary/aromatic N) is 3. The highest BCUT2D eigenvalue weighted by Gasteiger charge is 2.26. The van der Waals surface area contributed by atoms with Crippen LogP contribution in [-0.2, 0) is 4.79 Å². The van der Waals surface area contributed by atoms with Crippen molar-refractivity contribution in [1.29, 1.82) is 0 Å². The predicted octanol–water partition coefficient (Wildman–Crippen LogP) is 2.82. The number of nitrogens with two attached hydrogens (primary N) is 1. The molecule has 21 heavy (non-hydrogen) atoms. The largest absolute Gasteiger partial charge is 0.374 e. The highest BCUT2D eigenvalue weighted by atomic mass is 32.2. The van der Waals surface area contributed by atoms with Crippen molar-refractivity contribution in [2.24, 2.45) is 0 Å². The number of amides is 1. The van der Waals surface area contributed by atoms with Gasteiger partial charge in [-0.2, -0.15) is 0 Å². The summed E-state index contributed by atoms with van der Waals surface area (Å²) in [6.07, 6.45) is 0. The summed E-state index contributed by atoms with van der Waals surface area (Å²) in [6.45, 7) is 5.35. The van der Waals surface area contributed by atoms with E-state index in [-0.39, 0.29) is 11.2 Å². The Balaban J connectivity index is 2.28. The topological polar surface area (TPSA) is 72.1 Å². The highest BCUT2D eigenvalue weighted by Crippen LogP contribution is 2.38. The molecule has 1 heterocycles. The zero-order valence-electron chi connectivity index (χ0n) is 12.0. The number of hydrogen-bond donors (Lipinski definition) is 1. The van der Waals surface area contributed by atoms with Crippen molar-refractivity contribution < 1.29 is 4.79 Å². The summed E-state index contributed by atoms with van der Waals surface area (Å²) in [6, 6.07) is 9.74. The van der Waals surface area contributed by atoms with E-state index in [4.69, 9.17) is 5.73 Å². The Morgan fingerprint density at radius 3 is 2.48 bits per heavy atom. The molecule has 0 aliphatic rings. The highest BCUT2D eigenvalue weighted by molar-refractivity contribution is 8.01. The molecular weight excluding hydrogens is 304 g/mol. The molecule has 0 saturated heterocycles. The number of carbonyl (C=O) groups excluding carboxylic acids is 1. The van der Waals surface area contributed by atoms with Gasteiger partial charge in [0, 0.05) is 13.1 Å². The second-order valence-corrected chi connectivity index (χ2v) is 6.69. The fraction of sp³-hybridized carbons (Fsp3) is 0.357. The summed E-state index contributed by atoms with van der Waals surface area (Å²) in [7, 11) is 0. The summed E-state index contributed by atoms with van der Waals surface area (Å²) >= 11 is 2.71. The first kappa shape index (κ1) is 15.8. The Hall–Kier alpha value is -1.60. The Morgan fingerprint density at radius 2 is 1.95 bits per heavy atom. The molecule has 1 amide bonds. The Morgan fingerprint density at radius 1 is 1.29 bits per heavy atom. The lowest BCUT2D eigenvalue weighted by Crippen LogP contribution is -2.33. The van der Waals surface area contributed by atoms with Gasteiger partial charge in [-0.05, 0) is 19.4 Å². The van der Waals surface area contributed by atoms with Gasteiger partial charge >= 0.3 is 0 Å². The third-order valence-corrected chi connectivity index (χ3v) is 5.12. The molecule has 1 aromatic heterocycles. The van der Waals surface area contributed by atoms with Gasteiger partial charge in [0.05, 0.1) is 0 Å². The molecule has 0 bridgehead atoms. The van der Waals surface area contributed by atoms with Gasteiger partial charge in [0.25, 0.3) is 0 Å². The molecule has 0 unspecified atom stereocenters. The van der Waals surface area contributed by atoms with E-state index >= 15 is 0 Å². The lowest BCUT2D eigenvalue weighted by atomic mass is 10.1. The molecule has 0 aliphatic carbocycles. The predicted molar refractivity (Wildman–Crippen MR) is 87.3 cm³/mol. The SMILES string of the molecule is CCN(CC)C(=O)[C@H](Sc1nnc(N)s1)c1ccccc1. The molecule has 2 rings (SSSR count). The van der Waals surface area contributed by atoms with Crippen molar-refractivity contribution in [1.82, 2.24) is 15.1 Å². The Kier molecular flexibility index (Phi) is 5.58. The molecule has 7 heteroatoms. The number of likely N-dealkylation sites (N-methyl/N-ethyl adjacent to an activating group) is 1. The quantitative estimate of drug-likeness (QED) is 0.828. The number of aromatic nitrogens is 2. The Labute approximate surface area is 132 Å². The van der Waals surface area contributed by atoms with Crippen molar-refractivity contribution in [3.05, 3.63) is 35.9 Å². The van der Waals surface area contributed by atoms with Gasteiger partial charge in [0.2, 0.25) is 11.0 Å². The molecule has 2 aromatic rings. The molecule has 1 atom stereocenters. The molecule has 0 fully saturated rings. The number of carbonyl (C=O) groups is 1. The Bertz CT molecular complexity index is 584. The van der Waals surface area contributed by atoms with Crippen LogP contribution < -0.4 is 5.73 Å². The number of nitrogen functional groups attached to an aromatic ring is 1. The van der Waals surface area contributed by atoms with E-state index in [1.807, 2.05) is 49.1 Å². The number of rotatable bonds is 6. The molecule has 1 aromatic carbocycles. The van der Waals surface area contributed by atoms with E-state index < -0.39 is 0 Å². The third kappa shape index (κ3) is 3.95. The van der Waals surface area contributed by atoms with Crippen LogP contribution in [0, 0.1) is 0 Å². The van der Waals surface area contributed by atoms with Crippen molar-refractivity contribution in [3.8, 4) is 0 Å². The standard InChI is InChI=1S/C14H18N4OS2/c1-3-18(4-2)12(19)11(10-8-6-5-7-9-10)20-14-17-16-13(15)21-14/h5-9,11H,3-4H2,1-2H3,(H2,15,16)/t11-/m1/s1. The van der Waals surface area contributed by atoms with Gasteiger partial charge in [0.15, 0.2) is 4.34 Å². The van der Waals surface area contributed by atoms with E-state index in [1.165, 1.54) is 23.1 Å². The van der Waals surface area contributed by atoms with Crippen molar-refractivity contribution in [2.75, 3.05) is 18.8 Å². The van der Waals surface area contributed by atoms with Crippen LogP contribution >= 0.6 is 23.1 Å². The molecule has 0 saturated carbocycles. The minimum atomic E-state index is -0.321. The average molecular weight is 322 g/mol. The fourth-order valence-corrected chi connectivity index (χ4v) is 3.87. The molecule has 112 valence electrons. The van der Waals surface area contributed by atoms with Gasteiger partial charge in [-0.25, -0.2) is 0 Å². The van der Waals surface area contributed by atoms with Gasteiger partial charge in [-0.15, -0.1) is 10.2 Å². The minimum absolute atomic E-state index is 0.0879. The summed E-state index contributed by atoms with van der Waals surface area (Å²) < 4.78 is 0.710. The number of anilines is 1. The maximum absolute atomic E-state index is 12.7. The van der Waals surface area contributed by atoms with Gasteiger partial charge in [0.1, 0.15) is 5.25 Å². The zero-order chi connectivity index (χ0) is 15.2. The fourth-order valence-electron chi connectivity index (χ4n) is 1.96. The zero-order valence-corrected chi connectivity index (χ0v) is 13.7. The number of benzene rings is 1. The summed E-state index contributed by atoms with van der Waals surface area (Å²) in [5.74, 6) is 0.0879. The van der Waals surface area contributed by atoms with E-state index in [0.29, 0.717) is 22.6 Å². The van der Waals surface area contributed by atoms with Crippen molar-refractivity contribution >= 4 is 34.1 Å². The number of thioether (sulfide) groups is 1. The maximum Gasteiger partial charge on any atom is 0.240 e. The van der Waals surface area contributed by atoms with Crippen molar-refractivity contribution in [3.63, 3.8) is 0 Å². The van der Waals surface area contributed by atoms with Crippen LogP contribution in [0.15, 0.2) is 34.7 Å². The smallest absolute Gasteiger partial charge is 0.240 e. The molecule has 0 radical (unpaired) electrons. The lowest BCUT2D eigenvalue weighted by molar-refractivity contribution is -0.130. The third-order valence-electron chi connectivity index (χ3n) is 3.04. The van der Waals surface area contributed by atoms with Gasteiger partial charge < -0.3 is 10.6 Å². The van der Waals surface area contributed by atoms with Crippen LogP contribution in [0.5, 0.6) is 0 Å². The second kappa shape index (κ2) is 7.42. The summed E-state index contributed by atoms with van der Waals surface area (Å²) in [4.78, 5) is 14.6. The lowest BCUT2D eigenvalue weighted by Gasteiger charge is -2.24. The van der Waals surface area contributed by atoms with Crippen LogP contribution in [0.25, 0.3) is 0 Å². The van der Waals surface area contributed by atoms with Crippen molar-refractivity contribution in [2.45, 2.75) is 23.4 Å². The van der Waals surface area contributed by atoms with E-state index in [1.54, 1.807) is 0 Å². The first-order valence-corrected chi connectivity index (χ1v) is 8.44. The average Bonchev–Trinajstić information content (AvgIpc) is 2.92. The van der Waals surface area contributed by atoms with E-state index in [0.717, 1.165) is 5.56 Å². The van der Waals surface area contributed by atoms with Crippen LogP contribution in [0.2, 0.25) is 0 Å². The molecule has 0 aliphatic heterocycles. The van der Waals surface area contributed by atoms with Crippen LogP contribution in [0.4, 0.5) is 5.13 Å². The van der Waals surface area contributed by atoms with E-state index in [2.05, 4.69) is 10.2 Å². The van der Waals surface area contributed by atoms with Crippen LogP contribution in [-0.4, -0.2) is 34.1 Å². The maximum atomic E-state index is 12.7. The molecular formula is C14H18N4OS2. The van der Waals surface area contributed by atoms with Crippen LogP contribution in [0.1, 0.15) is 24.7 Å². The molecule has 5 nitrogen and oxygen atoms in total. The van der Waals surface area contributed by atoms with E-state index in [9.17, 15) is 4.79 Å². The van der Waals surface area contributed by atoms with Gasteiger partial charge in [-0.3, -0.25) is 4.79 Å². The number of hydrogen-bond acceptors (Lipinski definition) is 6. The first-order valence-electron chi connectivity index (χ1n) is 6.75. The first-order chi connectivity index (χ1) is 10.2. The second-order valence-electron chi connectivity index (χ2n) is 4.33. The summed E-state index contributed by atoms with van der Waals surface area (Å²) in [5.41, 5.74) is 6.58. The monoisotopic (exact) mass is 322 g/mol. The van der Waals surface area contributed by atoms with Gasteiger partial charge in [-0.1, -0.05) is 53.4 Å². The minimum Gasteiger partial charge on any atom is -0.374 e. The summed E-state index contributed by atoms with van der Waals surface area (Å²) in [5, 5.41) is 7.91. The van der Waals surface area contributed by atoms with Crippen LogP contribution in [0.3, 0.4) is 0 Å².